The summed E-state index contributed by atoms with van der Waals surface area (Å²) >= 11 is 5.87. The van der Waals surface area contributed by atoms with Crippen LogP contribution in [-0.4, -0.2) is 22.1 Å². The Kier molecular flexibility index (Phi) is 4.09. The molecule has 1 amide bonds. The molecule has 1 heterocycles. The summed E-state index contributed by atoms with van der Waals surface area (Å²) in [6, 6.07) is 6.30. The Morgan fingerprint density at radius 3 is 2.57 bits per heavy atom. The van der Waals surface area contributed by atoms with Crippen LogP contribution in [0, 0.1) is 5.92 Å². The Hall–Kier alpha value is -2.34. The molecule has 1 aliphatic rings. The zero-order valence-electron chi connectivity index (χ0n) is 12.4. The molecule has 0 spiro atoms. The largest absolute Gasteiger partial charge is 0.475 e. The number of carbonyl (C=O) groups excluding carboxylic acids is 1. The van der Waals surface area contributed by atoms with Crippen molar-refractivity contribution in [2.75, 3.05) is 0 Å². The molecule has 6 nitrogen and oxygen atoms in total. The van der Waals surface area contributed by atoms with Crippen molar-refractivity contribution in [3.63, 3.8) is 0 Å². The number of carbonyl (C=O) groups is 2. The number of rotatable bonds is 5. The molecule has 23 heavy (non-hydrogen) atoms. The van der Waals surface area contributed by atoms with Crippen LogP contribution in [-0.2, 0) is 4.79 Å². The zero-order chi connectivity index (χ0) is 16.6. The maximum absolute atomic E-state index is 12.0. The number of nitrogens with one attached hydrogen (secondary N) is 1. The van der Waals surface area contributed by atoms with Gasteiger partial charge in [-0.3, -0.25) is 4.79 Å². The highest BCUT2D eigenvalue weighted by molar-refractivity contribution is 6.30. The van der Waals surface area contributed by atoms with Crippen molar-refractivity contribution in [2.24, 2.45) is 5.92 Å². The highest BCUT2D eigenvalue weighted by Gasteiger charge is 2.33. The minimum Gasteiger partial charge on any atom is -0.475 e. The van der Waals surface area contributed by atoms with Crippen LogP contribution in [0.15, 0.2) is 28.8 Å². The molecule has 1 atom stereocenters. The van der Waals surface area contributed by atoms with Gasteiger partial charge in [-0.15, -0.1) is 0 Å². The summed E-state index contributed by atoms with van der Waals surface area (Å²) in [6.07, 6.45) is 1.75. The van der Waals surface area contributed by atoms with Crippen LogP contribution < -0.4 is 5.32 Å². The quantitative estimate of drug-likeness (QED) is 0.875. The lowest BCUT2D eigenvalue weighted by Gasteiger charge is -2.14. The van der Waals surface area contributed by atoms with Gasteiger partial charge in [-0.25, -0.2) is 4.79 Å². The van der Waals surface area contributed by atoms with E-state index in [-0.39, 0.29) is 17.6 Å². The van der Waals surface area contributed by atoms with E-state index < -0.39 is 12.0 Å². The Labute approximate surface area is 137 Å². The van der Waals surface area contributed by atoms with Crippen molar-refractivity contribution in [1.29, 1.82) is 0 Å². The number of carboxylic acid groups (broad SMARTS) is 1. The van der Waals surface area contributed by atoms with E-state index in [1.807, 2.05) is 0 Å². The standard InChI is InChI=1S/C16H15ClN2O4/c1-8(18-15(20)10-2-3-10)12-13(19-23-14(12)16(21)22)9-4-6-11(17)7-5-9/h4-8,10H,2-3H2,1H3,(H,18,20)(H,21,22). The van der Waals surface area contributed by atoms with E-state index in [1.54, 1.807) is 31.2 Å². The summed E-state index contributed by atoms with van der Waals surface area (Å²) in [5.74, 6) is -1.53. The summed E-state index contributed by atoms with van der Waals surface area (Å²) in [4.78, 5) is 23.3. The highest BCUT2D eigenvalue weighted by Crippen LogP contribution is 2.33. The lowest BCUT2D eigenvalue weighted by Crippen LogP contribution is -2.28. The molecule has 0 bridgehead atoms. The molecule has 0 aliphatic heterocycles. The van der Waals surface area contributed by atoms with Crippen LogP contribution in [0.4, 0.5) is 0 Å². The number of aromatic carboxylic acids is 1. The number of halogens is 1. The molecule has 7 heteroatoms. The van der Waals surface area contributed by atoms with Crippen LogP contribution >= 0.6 is 11.6 Å². The molecule has 0 radical (unpaired) electrons. The molecule has 2 aromatic rings. The molecule has 1 fully saturated rings. The zero-order valence-corrected chi connectivity index (χ0v) is 13.1. The summed E-state index contributed by atoms with van der Waals surface area (Å²) < 4.78 is 4.99. The Balaban J connectivity index is 1.98. The molecular weight excluding hydrogens is 320 g/mol. The monoisotopic (exact) mass is 334 g/mol. The summed E-state index contributed by atoms with van der Waals surface area (Å²) in [5.41, 5.74) is 1.42. The number of aromatic nitrogens is 1. The lowest BCUT2D eigenvalue weighted by atomic mass is 10.0. The number of carboxylic acids is 1. The first-order valence-corrected chi connectivity index (χ1v) is 7.64. The van der Waals surface area contributed by atoms with Gasteiger partial charge in [-0.05, 0) is 31.9 Å². The van der Waals surface area contributed by atoms with Gasteiger partial charge in [0.2, 0.25) is 11.7 Å². The van der Waals surface area contributed by atoms with Crippen LogP contribution in [0.5, 0.6) is 0 Å². The molecule has 1 unspecified atom stereocenters. The maximum Gasteiger partial charge on any atom is 0.375 e. The van der Waals surface area contributed by atoms with Crippen molar-refractivity contribution >= 4 is 23.5 Å². The molecule has 3 rings (SSSR count). The van der Waals surface area contributed by atoms with E-state index in [0.717, 1.165) is 12.8 Å². The fourth-order valence-electron chi connectivity index (χ4n) is 2.42. The Morgan fingerprint density at radius 2 is 2.00 bits per heavy atom. The van der Waals surface area contributed by atoms with Crippen molar-refractivity contribution in [3.05, 3.63) is 40.6 Å². The number of benzene rings is 1. The molecule has 0 saturated heterocycles. The third kappa shape index (κ3) is 3.22. The third-order valence-electron chi connectivity index (χ3n) is 3.78. The second-order valence-electron chi connectivity index (χ2n) is 5.59. The SMILES string of the molecule is CC(NC(=O)C1CC1)c1c(-c2ccc(Cl)cc2)noc1C(=O)O. The number of amides is 1. The van der Waals surface area contributed by atoms with Gasteiger partial charge in [-0.1, -0.05) is 28.9 Å². The second-order valence-corrected chi connectivity index (χ2v) is 6.03. The number of nitrogens with zero attached hydrogens (tertiary/aromatic N) is 1. The summed E-state index contributed by atoms with van der Waals surface area (Å²) in [5, 5.41) is 16.6. The highest BCUT2D eigenvalue weighted by atomic mass is 35.5. The van der Waals surface area contributed by atoms with Crippen molar-refractivity contribution in [1.82, 2.24) is 10.5 Å². The molecule has 1 aliphatic carbocycles. The fraction of sp³-hybridized carbons (Fsp3) is 0.312. The van der Waals surface area contributed by atoms with Crippen LogP contribution in [0.1, 0.15) is 41.9 Å². The van der Waals surface area contributed by atoms with Crippen LogP contribution in [0.25, 0.3) is 11.3 Å². The minimum absolute atomic E-state index is 0.0320. The van der Waals surface area contributed by atoms with E-state index in [0.29, 0.717) is 21.8 Å². The number of hydrogen-bond donors (Lipinski definition) is 2. The van der Waals surface area contributed by atoms with Crippen molar-refractivity contribution < 1.29 is 19.2 Å². The number of hydrogen-bond acceptors (Lipinski definition) is 4. The van der Waals surface area contributed by atoms with Gasteiger partial charge < -0.3 is 14.9 Å². The van der Waals surface area contributed by atoms with Gasteiger partial charge in [-0.2, -0.15) is 0 Å². The average molecular weight is 335 g/mol. The van der Waals surface area contributed by atoms with Crippen LogP contribution in [0.2, 0.25) is 5.02 Å². The molecule has 1 saturated carbocycles. The molecule has 2 N–H and O–H groups in total. The van der Waals surface area contributed by atoms with Gasteiger partial charge in [0.25, 0.3) is 0 Å². The smallest absolute Gasteiger partial charge is 0.375 e. The molecule has 1 aromatic carbocycles. The van der Waals surface area contributed by atoms with Gasteiger partial charge >= 0.3 is 5.97 Å². The van der Waals surface area contributed by atoms with E-state index in [4.69, 9.17) is 16.1 Å². The first-order valence-electron chi connectivity index (χ1n) is 7.26. The van der Waals surface area contributed by atoms with Gasteiger partial charge in [0.15, 0.2) is 0 Å². The summed E-state index contributed by atoms with van der Waals surface area (Å²) in [6.45, 7) is 1.72. The lowest BCUT2D eigenvalue weighted by molar-refractivity contribution is -0.122. The van der Waals surface area contributed by atoms with E-state index >= 15 is 0 Å². The Morgan fingerprint density at radius 1 is 1.35 bits per heavy atom. The normalized spacial score (nSPS) is 15.2. The molecular formula is C16H15ClN2O4. The van der Waals surface area contributed by atoms with Crippen molar-refractivity contribution in [3.8, 4) is 11.3 Å². The first kappa shape index (κ1) is 15.6. The van der Waals surface area contributed by atoms with E-state index in [2.05, 4.69) is 10.5 Å². The fourth-order valence-corrected chi connectivity index (χ4v) is 2.54. The average Bonchev–Trinajstić information content (AvgIpc) is 3.26. The summed E-state index contributed by atoms with van der Waals surface area (Å²) in [7, 11) is 0. The van der Waals surface area contributed by atoms with Crippen LogP contribution in [0.3, 0.4) is 0 Å². The van der Waals surface area contributed by atoms with Gasteiger partial charge in [0.1, 0.15) is 5.69 Å². The first-order chi connectivity index (χ1) is 11.0. The maximum atomic E-state index is 12.0. The third-order valence-corrected chi connectivity index (χ3v) is 4.03. The van der Waals surface area contributed by atoms with E-state index in [1.165, 1.54) is 0 Å². The predicted molar refractivity (Wildman–Crippen MR) is 83.2 cm³/mol. The second kappa shape index (κ2) is 6.04. The van der Waals surface area contributed by atoms with E-state index in [9.17, 15) is 14.7 Å². The minimum atomic E-state index is -1.22. The predicted octanol–water partition coefficient (Wildman–Crippen LogP) is 3.28. The topological polar surface area (TPSA) is 92.4 Å². The van der Waals surface area contributed by atoms with Gasteiger partial charge in [0.05, 0.1) is 11.6 Å². The van der Waals surface area contributed by atoms with Crippen molar-refractivity contribution in [2.45, 2.75) is 25.8 Å². The molecule has 1 aromatic heterocycles. The molecule has 120 valence electrons. The Bertz CT molecular complexity index is 750. The van der Waals surface area contributed by atoms with Gasteiger partial charge in [0, 0.05) is 16.5 Å².